The highest BCUT2D eigenvalue weighted by Gasteiger charge is 2.20. The predicted octanol–water partition coefficient (Wildman–Crippen LogP) is 2.79. The SMILES string of the molecule is CN=C(NCCCc1nc(C)cs1)N1CCN(c2cccc(OC)c2)CC1. The Morgan fingerprint density at radius 1 is 1.30 bits per heavy atom. The number of ether oxygens (including phenoxy) is 1. The van der Waals surface area contributed by atoms with E-state index in [1.54, 1.807) is 18.4 Å². The lowest BCUT2D eigenvalue weighted by molar-refractivity contribution is 0.372. The van der Waals surface area contributed by atoms with Crippen LogP contribution in [-0.4, -0.2) is 62.7 Å². The lowest BCUT2D eigenvalue weighted by atomic mass is 10.2. The van der Waals surface area contributed by atoms with E-state index in [0.717, 1.165) is 63.0 Å². The zero-order chi connectivity index (χ0) is 19.1. The minimum atomic E-state index is 0.905. The van der Waals surface area contributed by atoms with Crippen LogP contribution >= 0.6 is 11.3 Å². The normalized spacial score (nSPS) is 15.1. The van der Waals surface area contributed by atoms with Gasteiger partial charge < -0.3 is 19.9 Å². The monoisotopic (exact) mass is 387 g/mol. The molecule has 0 aliphatic carbocycles. The topological polar surface area (TPSA) is 53.0 Å². The van der Waals surface area contributed by atoms with Gasteiger partial charge in [-0.1, -0.05) is 6.07 Å². The molecule has 1 aromatic carbocycles. The molecule has 1 aliphatic heterocycles. The van der Waals surface area contributed by atoms with E-state index < -0.39 is 0 Å². The Kier molecular flexibility index (Phi) is 6.92. The van der Waals surface area contributed by atoms with Crippen molar-refractivity contribution in [1.29, 1.82) is 0 Å². The Morgan fingerprint density at radius 3 is 2.78 bits per heavy atom. The van der Waals surface area contributed by atoms with Crippen molar-refractivity contribution in [2.75, 3.05) is 51.8 Å². The van der Waals surface area contributed by atoms with E-state index in [-0.39, 0.29) is 0 Å². The summed E-state index contributed by atoms with van der Waals surface area (Å²) in [5, 5.41) is 6.84. The van der Waals surface area contributed by atoms with Crippen LogP contribution in [0.5, 0.6) is 5.75 Å². The van der Waals surface area contributed by atoms with Crippen LogP contribution in [0.15, 0.2) is 34.6 Å². The Balaban J connectivity index is 1.44. The van der Waals surface area contributed by atoms with Gasteiger partial charge in [0.1, 0.15) is 5.75 Å². The Bertz CT molecular complexity index is 752. The van der Waals surface area contributed by atoms with Crippen molar-refractivity contribution >= 4 is 23.0 Å². The molecule has 2 heterocycles. The molecule has 2 aromatic rings. The van der Waals surface area contributed by atoms with Crippen LogP contribution in [0.3, 0.4) is 0 Å². The maximum Gasteiger partial charge on any atom is 0.193 e. The second-order valence-corrected chi connectivity index (χ2v) is 7.58. The number of piperazine rings is 1. The molecule has 1 aliphatic rings. The molecule has 1 aromatic heterocycles. The molecule has 7 heteroatoms. The molecule has 1 N–H and O–H groups in total. The molecule has 27 heavy (non-hydrogen) atoms. The van der Waals surface area contributed by atoms with E-state index in [2.05, 4.69) is 42.6 Å². The number of thiazole rings is 1. The van der Waals surface area contributed by atoms with Crippen molar-refractivity contribution in [3.8, 4) is 5.75 Å². The summed E-state index contributed by atoms with van der Waals surface area (Å²) in [5.41, 5.74) is 2.34. The number of nitrogens with one attached hydrogen (secondary N) is 1. The molecule has 1 fully saturated rings. The van der Waals surface area contributed by atoms with E-state index >= 15 is 0 Å². The lowest BCUT2D eigenvalue weighted by Crippen LogP contribution is -2.52. The second kappa shape index (κ2) is 9.60. The van der Waals surface area contributed by atoms with Crippen LogP contribution in [0.1, 0.15) is 17.1 Å². The van der Waals surface area contributed by atoms with Crippen LogP contribution in [0.2, 0.25) is 0 Å². The summed E-state index contributed by atoms with van der Waals surface area (Å²) in [5.74, 6) is 1.90. The molecule has 0 saturated carbocycles. The summed E-state index contributed by atoms with van der Waals surface area (Å²) in [7, 11) is 3.57. The van der Waals surface area contributed by atoms with Crippen LogP contribution in [0.4, 0.5) is 5.69 Å². The third-order valence-electron chi connectivity index (χ3n) is 4.73. The summed E-state index contributed by atoms with van der Waals surface area (Å²) in [6.45, 7) is 6.84. The minimum absolute atomic E-state index is 0.905. The number of methoxy groups -OCH3 is 1. The van der Waals surface area contributed by atoms with E-state index in [1.807, 2.05) is 26.1 Å². The van der Waals surface area contributed by atoms with Gasteiger partial charge in [-0.25, -0.2) is 4.98 Å². The molecule has 0 bridgehead atoms. The molecule has 3 rings (SSSR count). The van der Waals surface area contributed by atoms with Crippen molar-refractivity contribution in [3.05, 3.63) is 40.3 Å². The maximum absolute atomic E-state index is 5.34. The van der Waals surface area contributed by atoms with Gasteiger partial charge in [0.05, 0.1) is 12.1 Å². The van der Waals surface area contributed by atoms with Gasteiger partial charge in [-0.15, -0.1) is 11.3 Å². The zero-order valence-electron chi connectivity index (χ0n) is 16.4. The fourth-order valence-electron chi connectivity index (χ4n) is 3.27. The summed E-state index contributed by atoms with van der Waals surface area (Å²) in [4.78, 5) is 13.7. The van der Waals surface area contributed by atoms with Gasteiger partial charge >= 0.3 is 0 Å². The van der Waals surface area contributed by atoms with Gasteiger partial charge in [0.25, 0.3) is 0 Å². The first kappa shape index (κ1) is 19.5. The Labute approximate surface area is 165 Å². The zero-order valence-corrected chi connectivity index (χ0v) is 17.3. The summed E-state index contributed by atoms with van der Waals surface area (Å²) < 4.78 is 5.34. The number of hydrogen-bond donors (Lipinski definition) is 1. The number of guanidine groups is 1. The van der Waals surface area contributed by atoms with Crippen LogP contribution in [0.25, 0.3) is 0 Å². The average molecular weight is 388 g/mol. The maximum atomic E-state index is 5.34. The molecule has 6 nitrogen and oxygen atoms in total. The van der Waals surface area contributed by atoms with Gasteiger partial charge in [0.15, 0.2) is 5.96 Å². The number of nitrogens with zero attached hydrogens (tertiary/aromatic N) is 4. The first-order valence-corrected chi connectivity index (χ1v) is 10.3. The van der Waals surface area contributed by atoms with Gasteiger partial charge in [0.2, 0.25) is 0 Å². The highest BCUT2D eigenvalue weighted by Crippen LogP contribution is 2.22. The second-order valence-electron chi connectivity index (χ2n) is 6.64. The van der Waals surface area contributed by atoms with Crippen molar-refractivity contribution in [2.45, 2.75) is 19.8 Å². The summed E-state index contributed by atoms with van der Waals surface area (Å²) in [6.07, 6.45) is 2.09. The number of benzene rings is 1. The molecule has 1 saturated heterocycles. The van der Waals surface area contributed by atoms with E-state index in [0.29, 0.717) is 0 Å². The van der Waals surface area contributed by atoms with Crippen molar-refractivity contribution in [3.63, 3.8) is 0 Å². The van der Waals surface area contributed by atoms with Gasteiger partial charge in [-0.3, -0.25) is 4.99 Å². The van der Waals surface area contributed by atoms with Gasteiger partial charge in [-0.05, 0) is 25.5 Å². The number of aliphatic imine (C=N–C) groups is 1. The largest absolute Gasteiger partial charge is 0.497 e. The van der Waals surface area contributed by atoms with Crippen molar-refractivity contribution in [2.24, 2.45) is 4.99 Å². The average Bonchev–Trinajstić information content (AvgIpc) is 3.13. The molecular weight excluding hydrogens is 358 g/mol. The van der Waals surface area contributed by atoms with Crippen molar-refractivity contribution in [1.82, 2.24) is 15.2 Å². The fraction of sp³-hybridized carbons (Fsp3) is 0.500. The Hall–Kier alpha value is -2.28. The molecular formula is C20H29N5OS. The molecule has 0 amide bonds. The van der Waals surface area contributed by atoms with E-state index in [9.17, 15) is 0 Å². The van der Waals surface area contributed by atoms with Crippen LogP contribution in [0, 0.1) is 6.92 Å². The molecule has 0 atom stereocenters. The highest BCUT2D eigenvalue weighted by molar-refractivity contribution is 7.09. The summed E-state index contributed by atoms with van der Waals surface area (Å²) >= 11 is 1.75. The first-order valence-electron chi connectivity index (χ1n) is 9.45. The first-order chi connectivity index (χ1) is 13.2. The van der Waals surface area contributed by atoms with Crippen LogP contribution in [-0.2, 0) is 6.42 Å². The highest BCUT2D eigenvalue weighted by atomic mass is 32.1. The van der Waals surface area contributed by atoms with E-state index in [1.165, 1.54) is 10.7 Å². The molecule has 146 valence electrons. The minimum Gasteiger partial charge on any atom is -0.497 e. The fourth-order valence-corrected chi connectivity index (χ4v) is 4.09. The third kappa shape index (κ3) is 5.35. The smallest absolute Gasteiger partial charge is 0.193 e. The number of aryl methyl sites for hydroxylation is 2. The quantitative estimate of drug-likeness (QED) is 0.469. The third-order valence-corrected chi connectivity index (χ3v) is 5.75. The van der Waals surface area contributed by atoms with E-state index in [4.69, 9.17) is 4.74 Å². The number of anilines is 1. The Morgan fingerprint density at radius 2 is 2.11 bits per heavy atom. The molecule has 0 radical (unpaired) electrons. The van der Waals surface area contributed by atoms with Crippen LogP contribution < -0.4 is 15.0 Å². The van der Waals surface area contributed by atoms with Gasteiger partial charge in [0, 0.05) is 69.0 Å². The number of hydrogen-bond acceptors (Lipinski definition) is 5. The standard InChI is InChI=1S/C20H29N5OS/c1-16-15-27-19(23-16)8-5-9-22-20(21-2)25-12-10-24(11-13-25)17-6-4-7-18(14-17)26-3/h4,6-7,14-15H,5,8-13H2,1-3H3,(H,21,22). The molecule has 0 unspecified atom stereocenters. The van der Waals surface area contributed by atoms with Crippen molar-refractivity contribution < 1.29 is 4.74 Å². The summed E-state index contributed by atoms with van der Waals surface area (Å²) in [6, 6.07) is 8.28. The molecule has 0 spiro atoms. The lowest BCUT2D eigenvalue weighted by Gasteiger charge is -2.37. The predicted molar refractivity (Wildman–Crippen MR) is 113 cm³/mol. The number of aromatic nitrogens is 1. The van der Waals surface area contributed by atoms with Gasteiger partial charge in [-0.2, -0.15) is 0 Å². The number of rotatable bonds is 6.